The van der Waals surface area contributed by atoms with E-state index in [9.17, 15) is 9.59 Å². The van der Waals surface area contributed by atoms with Crippen molar-refractivity contribution in [2.24, 2.45) is 0 Å². The molecule has 19 heavy (non-hydrogen) atoms. The molecule has 3 rings (SSSR count). The molecule has 1 aromatic heterocycles. The maximum absolute atomic E-state index is 11.7. The molecule has 1 aromatic carbocycles. The van der Waals surface area contributed by atoms with Crippen LogP contribution < -0.4 is 9.79 Å². The number of carbonyl (C=O) groups is 2. The average Bonchev–Trinajstić information content (AvgIpc) is 2.99. The maximum atomic E-state index is 11.7. The fraction of sp³-hybridized carbons (Fsp3) is 0.167. The first-order valence-corrected chi connectivity index (χ1v) is 5.38. The molecule has 1 aliphatic rings. The van der Waals surface area contributed by atoms with Crippen LogP contribution in [0.15, 0.2) is 30.3 Å². The Morgan fingerprint density at radius 2 is 2.05 bits per heavy atom. The van der Waals surface area contributed by atoms with Crippen molar-refractivity contribution in [2.45, 2.75) is 0 Å². The number of hydrogen-bond acceptors (Lipinski definition) is 5. The molecule has 0 spiro atoms. The van der Waals surface area contributed by atoms with E-state index in [1.165, 1.54) is 17.9 Å². The van der Waals surface area contributed by atoms with E-state index in [-0.39, 0.29) is 11.6 Å². The lowest BCUT2D eigenvalue weighted by atomic mass is 10.3. The standard InChI is InChI=1S/C11H8N3O3.CH3O/c1-17-11(16)9-6-10(15)14-12-7-4-2-3-5-8(7)13(9)14;1-2/h2-6H,1H3;1H3/q+1;-1. The van der Waals surface area contributed by atoms with Gasteiger partial charge in [-0.1, -0.05) is 12.1 Å². The predicted octanol–water partition coefficient (Wildman–Crippen LogP) is -1.03. The summed E-state index contributed by atoms with van der Waals surface area (Å²) in [7, 11) is 2.02. The molecule has 0 aliphatic carbocycles. The summed E-state index contributed by atoms with van der Waals surface area (Å²) in [5, 5.41) is 12.4. The number of methoxy groups -OCH3 is 1. The monoisotopic (exact) mass is 261 g/mol. The van der Waals surface area contributed by atoms with Crippen LogP contribution in [-0.2, 0) is 9.53 Å². The van der Waals surface area contributed by atoms with E-state index < -0.39 is 5.97 Å². The second-order valence-corrected chi connectivity index (χ2v) is 3.55. The van der Waals surface area contributed by atoms with Crippen molar-refractivity contribution >= 4 is 28.6 Å². The Hall–Kier alpha value is -2.54. The van der Waals surface area contributed by atoms with E-state index in [1.807, 2.05) is 12.1 Å². The number of allylic oxidation sites excluding steroid dienone is 1. The summed E-state index contributed by atoms with van der Waals surface area (Å²) in [6.45, 7) is 0. The topological polar surface area (TPSA) is 88.1 Å². The molecule has 0 bridgehead atoms. The zero-order valence-electron chi connectivity index (χ0n) is 10.4. The lowest BCUT2D eigenvalue weighted by Gasteiger charge is -1.96. The predicted molar refractivity (Wildman–Crippen MR) is 62.8 cm³/mol. The highest BCUT2D eigenvalue weighted by atomic mass is 16.5. The summed E-state index contributed by atoms with van der Waals surface area (Å²) in [5.74, 6) is -0.922. The maximum Gasteiger partial charge on any atom is 0.380 e. The lowest BCUT2D eigenvalue weighted by molar-refractivity contribution is -0.632. The van der Waals surface area contributed by atoms with E-state index in [2.05, 4.69) is 9.84 Å². The highest BCUT2D eigenvalue weighted by Gasteiger charge is 2.36. The van der Waals surface area contributed by atoms with Crippen molar-refractivity contribution in [2.75, 3.05) is 14.2 Å². The minimum absolute atomic E-state index is 0.172. The summed E-state index contributed by atoms with van der Waals surface area (Å²) < 4.78 is 6.08. The van der Waals surface area contributed by atoms with E-state index >= 15 is 0 Å². The summed E-state index contributed by atoms with van der Waals surface area (Å²) in [6.07, 6.45) is 1.21. The van der Waals surface area contributed by atoms with E-state index in [0.29, 0.717) is 11.0 Å². The minimum atomic E-state index is -0.562. The van der Waals surface area contributed by atoms with Crippen LogP contribution in [0, 0.1) is 0 Å². The molecule has 7 heteroatoms. The van der Waals surface area contributed by atoms with Gasteiger partial charge in [0.25, 0.3) is 0 Å². The summed E-state index contributed by atoms with van der Waals surface area (Å²) in [4.78, 5) is 24.4. The number of rotatable bonds is 1. The van der Waals surface area contributed by atoms with Gasteiger partial charge in [0.2, 0.25) is 16.7 Å². The number of aromatic nitrogens is 3. The largest absolute Gasteiger partial charge is 0.857 e. The van der Waals surface area contributed by atoms with Crippen LogP contribution in [0.25, 0.3) is 16.7 Å². The number of para-hydroxylation sites is 1. The Bertz CT molecular complexity index is 687. The van der Waals surface area contributed by atoms with Crippen molar-refractivity contribution in [3.8, 4) is 0 Å². The molecule has 98 valence electrons. The Kier molecular flexibility index (Phi) is 3.39. The number of hydrogen-bond donors (Lipinski definition) is 0. The van der Waals surface area contributed by atoms with Gasteiger partial charge in [-0.25, -0.2) is 4.79 Å². The van der Waals surface area contributed by atoms with Crippen molar-refractivity contribution in [3.63, 3.8) is 0 Å². The fourth-order valence-electron chi connectivity index (χ4n) is 1.84. The number of carbonyl (C=O) groups excluding carboxylic acids is 2. The normalized spacial score (nSPS) is 12.6. The third-order valence-electron chi connectivity index (χ3n) is 2.58. The van der Waals surface area contributed by atoms with Gasteiger partial charge in [-0.3, -0.25) is 4.79 Å². The number of nitrogens with zero attached hydrogens (tertiary/aromatic N) is 3. The molecule has 0 unspecified atom stereocenters. The zero-order valence-corrected chi connectivity index (χ0v) is 10.4. The highest BCUT2D eigenvalue weighted by molar-refractivity contribution is 6.14. The van der Waals surface area contributed by atoms with Gasteiger partial charge in [0.15, 0.2) is 0 Å². The number of benzene rings is 1. The fourth-order valence-corrected chi connectivity index (χ4v) is 1.84. The van der Waals surface area contributed by atoms with Crippen molar-refractivity contribution in [1.29, 1.82) is 0 Å². The van der Waals surface area contributed by atoms with Crippen molar-refractivity contribution < 1.29 is 24.1 Å². The SMILES string of the molecule is COC(=O)C1=CC(=O)n2nc3ccccc3[n+]21.C[O-]. The quantitative estimate of drug-likeness (QED) is 0.483. The van der Waals surface area contributed by atoms with Gasteiger partial charge in [-0.2, -0.15) is 7.11 Å². The van der Waals surface area contributed by atoms with Crippen LogP contribution >= 0.6 is 0 Å². The van der Waals surface area contributed by atoms with Crippen LogP contribution in [-0.4, -0.2) is 36.0 Å². The third-order valence-corrected chi connectivity index (χ3v) is 2.58. The number of esters is 1. The molecule has 0 saturated heterocycles. The molecule has 2 aromatic rings. The molecule has 0 fully saturated rings. The molecule has 7 nitrogen and oxygen atoms in total. The smallest absolute Gasteiger partial charge is 0.380 e. The molecule has 0 atom stereocenters. The molecule has 2 heterocycles. The van der Waals surface area contributed by atoms with Crippen LogP contribution in [0.3, 0.4) is 0 Å². The summed E-state index contributed by atoms with van der Waals surface area (Å²) in [5.41, 5.74) is 1.51. The van der Waals surface area contributed by atoms with Crippen LogP contribution in [0.4, 0.5) is 0 Å². The van der Waals surface area contributed by atoms with E-state index in [4.69, 9.17) is 5.11 Å². The number of ether oxygens (including phenoxy) is 1. The second-order valence-electron chi connectivity index (χ2n) is 3.55. The molecular weight excluding hydrogens is 250 g/mol. The van der Waals surface area contributed by atoms with Crippen LogP contribution in [0.1, 0.15) is 4.79 Å². The Balaban J connectivity index is 0.000000637. The summed E-state index contributed by atoms with van der Waals surface area (Å²) >= 11 is 0. The van der Waals surface area contributed by atoms with Gasteiger partial charge in [0.05, 0.1) is 18.3 Å². The van der Waals surface area contributed by atoms with Gasteiger partial charge in [-0.05, 0) is 12.1 Å². The van der Waals surface area contributed by atoms with Gasteiger partial charge >= 0.3 is 11.9 Å². The molecule has 0 radical (unpaired) electrons. The van der Waals surface area contributed by atoms with E-state index in [0.717, 1.165) is 11.9 Å². The van der Waals surface area contributed by atoms with Crippen molar-refractivity contribution in [1.82, 2.24) is 9.90 Å². The Morgan fingerprint density at radius 3 is 2.74 bits per heavy atom. The van der Waals surface area contributed by atoms with E-state index in [1.54, 1.807) is 12.1 Å². The second kappa shape index (κ2) is 4.99. The average molecular weight is 261 g/mol. The van der Waals surface area contributed by atoms with Gasteiger partial charge in [0, 0.05) is 4.80 Å². The first-order chi connectivity index (χ1) is 9.22. The minimum Gasteiger partial charge on any atom is -0.857 e. The van der Waals surface area contributed by atoms with Gasteiger partial charge < -0.3 is 9.84 Å². The first-order valence-electron chi connectivity index (χ1n) is 5.38. The van der Waals surface area contributed by atoms with Gasteiger partial charge in [-0.15, -0.1) is 4.68 Å². The third kappa shape index (κ3) is 1.89. The highest BCUT2D eigenvalue weighted by Crippen LogP contribution is 2.13. The molecule has 0 N–H and O–H groups in total. The van der Waals surface area contributed by atoms with Crippen LogP contribution in [0.2, 0.25) is 0 Å². The summed E-state index contributed by atoms with van der Waals surface area (Å²) in [6, 6.07) is 7.19. The Morgan fingerprint density at radius 1 is 1.37 bits per heavy atom. The first kappa shape index (κ1) is 12.9. The molecule has 0 amide bonds. The molecule has 1 aliphatic heterocycles. The lowest BCUT2D eigenvalue weighted by Crippen LogP contribution is -2.43. The van der Waals surface area contributed by atoms with Gasteiger partial charge in [0.1, 0.15) is 0 Å². The number of fused-ring (bicyclic) bond motifs is 3. The molecular formula is C12H11N3O4. The van der Waals surface area contributed by atoms with Crippen LogP contribution in [0.5, 0.6) is 0 Å². The Labute approximate surface area is 108 Å². The van der Waals surface area contributed by atoms with Crippen molar-refractivity contribution in [3.05, 3.63) is 30.3 Å². The molecule has 0 saturated carbocycles. The zero-order chi connectivity index (χ0) is 14.0.